The number of carbonyl (C=O) groups is 2. The van der Waals surface area contributed by atoms with Crippen LogP contribution in [0.2, 0.25) is 0 Å². The lowest BCUT2D eigenvalue weighted by Gasteiger charge is -2.31. The molecule has 0 aliphatic carbocycles. The fourth-order valence-electron chi connectivity index (χ4n) is 3.10. The molecule has 27 heavy (non-hydrogen) atoms. The zero-order valence-electron chi connectivity index (χ0n) is 15.3. The van der Waals surface area contributed by atoms with Crippen LogP contribution in [0.25, 0.3) is 0 Å². The number of aryl methyl sites for hydroxylation is 1. The van der Waals surface area contributed by atoms with Crippen molar-refractivity contribution >= 4 is 29.4 Å². The Morgan fingerprint density at radius 2 is 1.96 bits per heavy atom. The molecule has 8 nitrogen and oxygen atoms in total. The van der Waals surface area contributed by atoms with Gasteiger partial charge in [0, 0.05) is 30.5 Å². The van der Waals surface area contributed by atoms with Gasteiger partial charge in [-0.3, -0.25) is 4.79 Å². The summed E-state index contributed by atoms with van der Waals surface area (Å²) in [6, 6.07) is 8.80. The van der Waals surface area contributed by atoms with Gasteiger partial charge in [-0.05, 0) is 38.0 Å². The molecule has 2 N–H and O–H groups in total. The topological polar surface area (TPSA) is 105 Å². The number of aliphatic carboxylic acids is 1. The lowest BCUT2D eigenvalue weighted by atomic mass is 9.97. The van der Waals surface area contributed by atoms with Gasteiger partial charge >= 0.3 is 11.9 Å². The van der Waals surface area contributed by atoms with Crippen LogP contribution in [0.4, 0.5) is 17.5 Å². The Labute approximate surface area is 157 Å². The number of ether oxygens (including phenoxy) is 1. The van der Waals surface area contributed by atoms with E-state index in [1.54, 1.807) is 18.2 Å². The summed E-state index contributed by atoms with van der Waals surface area (Å²) in [5.74, 6) is -0.250. The molecule has 0 saturated carbocycles. The van der Waals surface area contributed by atoms with Gasteiger partial charge < -0.3 is 20.1 Å². The number of hydrogen-bond acceptors (Lipinski definition) is 7. The van der Waals surface area contributed by atoms with E-state index >= 15 is 0 Å². The van der Waals surface area contributed by atoms with Crippen LogP contribution in [0.1, 0.15) is 28.9 Å². The van der Waals surface area contributed by atoms with Crippen LogP contribution in [0, 0.1) is 12.8 Å². The van der Waals surface area contributed by atoms with Gasteiger partial charge in [0.1, 0.15) is 5.82 Å². The number of piperidine rings is 1. The van der Waals surface area contributed by atoms with Crippen molar-refractivity contribution < 1.29 is 19.4 Å². The number of aromatic nitrogens is 2. The van der Waals surface area contributed by atoms with Crippen LogP contribution < -0.4 is 10.2 Å². The van der Waals surface area contributed by atoms with Gasteiger partial charge in [-0.2, -0.15) is 4.98 Å². The Morgan fingerprint density at radius 3 is 2.63 bits per heavy atom. The molecule has 0 bridgehead atoms. The van der Waals surface area contributed by atoms with Gasteiger partial charge in [0.05, 0.1) is 18.6 Å². The lowest BCUT2D eigenvalue weighted by molar-refractivity contribution is -0.142. The molecule has 1 saturated heterocycles. The van der Waals surface area contributed by atoms with Gasteiger partial charge in [0.15, 0.2) is 0 Å². The van der Waals surface area contributed by atoms with Crippen molar-refractivity contribution in [3.8, 4) is 0 Å². The van der Waals surface area contributed by atoms with E-state index in [1.807, 2.05) is 19.1 Å². The van der Waals surface area contributed by atoms with E-state index in [-0.39, 0.29) is 5.92 Å². The Kier molecular flexibility index (Phi) is 5.54. The van der Waals surface area contributed by atoms with Crippen molar-refractivity contribution in [3.05, 3.63) is 41.6 Å². The fraction of sp³-hybridized carbons (Fsp3) is 0.368. The molecule has 1 aromatic heterocycles. The molecular formula is C19H22N4O4. The summed E-state index contributed by atoms with van der Waals surface area (Å²) >= 11 is 0. The first-order valence-electron chi connectivity index (χ1n) is 8.75. The average molecular weight is 370 g/mol. The van der Waals surface area contributed by atoms with E-state index in [1.165, 1.54) is 7.11 Å². The Balaban J connectivity index is 1.76. The predicted molar refractivity (Wildman–Crippen MR) is 100 cm³/mol. The molecular weight excluding hydrogens is 348 g/mol. The van der Waals surface area contributed by atoms with E-state index in [4.69, 9.17) is 9.84 Å². The highest BCUT2D eigenvalue weighted by Gasteiger charge is 2.25. The number of anilines is 3. The molecule has 0 unspecified atom stereocenters. The molecule has 2 aromatic rings. The largest absolute Gasteiger partial charge is 0.481 e. The first-order chi connectivity index (χ1) is 13.0. The first kappa shape index (κ1) is 18.6. The second-order valence-corrected chi connectivity index (χ2v) is 6.49. The van der Waals surface area contributed by atoms with Gasteiger partial charge in [-0.15, -0.1) is 0 Å². The second-order valence-electron chi connectivity index (χ2n) is 6.49. The zero-order valence-corrected chi connectivity index (χ0v) is 15.3. The van der Waals surface area contributed by atoms with Gasteiger partial charge in [0.2, 0.25) is 5.95 Å². The maximum Gasteiger partial charge on any atom is 0.337 e. The molecule has 2 heterocycles. The maximum atomic E-state index is 11.7. The fourth-order valence-corrected chi connectivity index (χ4v) is 3.10. The minimum Gasteiger partial charge on any atom is -0.481 e. The maximum absolute atomic E-state index is 11.7. The van der Waals surface area contributed by atoms with Crippen LogP contribution in [-0.4, -0.2) is 47.2 Å². The highest BCUT2D eigenvalue weighted by atomic mass is 16.5. The van der Waals surface area contributed by atoms with Crippen LogP contribution in [0.3, 0.4) is 0 Å². The van der Waals surface area contributed by atoms with E-state index in [0.29, 0.717) is 43.1 Å². The number of carbonyl (C=O) groups excluding carboxylic acids is 1. The predicted octanol–water partition coefficient (Wildman–Crippen LogP) is 2.62. The quantitative estimate of drug-likeness (QED) is 0.774. The van der Waals surface area contributed by atoms with Crippen LogP contribution in [-0.2, 0) is 9.53 Å². The third-order valence-corrected chi connectivity index (χ3v) is 4.55. The molecule has 0 atom stereocenters. The Hall–Kier alpha value is -3.16. The van der Waals surface area contributed by atoms with Crippen LogP contribution in [0.5, 0.6) is 0 Å². The summed E-state index contributed by atoms with van der Waals surface area (Å²) in [5, 5.41) is 12.3. The molecule has 1 aliphatic heterocycles. The number of rotatable bonds is 5. The van der Waals surface area contributed by atoms with Crippen LogP contribution >= 0.6 is 0 Å². The number of carboxylic acid groups (broad SMARTS) is 1. The third-order valence-electron chi connectivity index (χ3n) is 4.55. The standard InChI is InChI=1S/C19H22N4O4/c1-12-10-16(23-8-6-13(7-9-23)17(24)25)22-19(20-12)21-15-5-3-4-14(11-15)18(26)27-2/h3-5,10-11,13H,6-9H2,1-2H3,(H,24,25)(H,20,21,22). The smallest absolute Gasteiger partial charge is 0.337 e. The van der Waals surface area contributed by atoms with E-state index in [9.17, 15) is 9.59 Å². The molecule has 0 amide bonds. The molecule has 142 valence electrons. The van der Waals surface area contributed by atoms with Gasteiger partial charge in [-0.1, -0.05) is 6.07 Å². The van der Waals surface area contributed by atoms with Crippen LogP contribution in [0.15, 0.2) is 30.3 Å². The van der Waals surface area contributed by atoms with Gasteiger partial charge in [-0.25, -0.2) is 9.78 Å². The number of esters is 1. The molecule has 0 spiro atoms. The summed E-state index contributed by atoms with van der Waals surface area (Å²) in [7, 11) is 1.34. The minimum atomic E-state index is -0.735. The number of benzene rings is 1. The third kappa shape index (κ3) is 4.52. The summed E-state index contributed by atoms with van der Waals surface area (Å²) < 4.78 is 4.74. The monoisotopic (exact) mass is 370 g/mol. The number of nitrogens with zero attached hydrogens (tertiary/aromatic N) is 3. The van der Waals surface area contributed by atoms with Crippen molar-refractivity contribution in [3.63, 3.8) is 0 Å². The molecule has 3 rings (SSSR count). The summed E-state index contributed by atoms with van der Waals surface area (Å²) in [6.45, 7) is 3.17. The van der Waals surface area contributed by atoms with Gasteiger partial charge in [0.25, 0.3) is 0 Å². The zero-order chi connectivity index (χ0) is 19.4. The van der Waals surface area contributed by atoms with Crippen molar-refractivity contribution in [2.45, 2.75) is 19.8 Å². The first-order valence-corrected chi connectivity index (χ1v) is 8.75. The van der Waals surface area contributed by atoms with E-state index in [2.05, 4.69) is 20.2 Å². The minimum absolute atomic E-state index is 0.289. The SMILES string of the molecule is COC(=O)c1cccc(Nc2nc(C)cc(N3CCC(C(=O)O)CC3)n2)c1. The Bertz CT molecular complexity index is 847. The highest BCUT2D eigenvalue weighted by Crippen LogP contribution is 2.24. The highest BCUT2D eigenvalue weighted by molar-refractivity contribution is 5.90. The molecule has 1 aliphatic rings. The normalized spacial score (nSPS) is 14.7. The molecule has 0 radical (unpaired) electrons. The number of methoxy groups -OCH3 is 1. The molecule has 8 heteroatoms. The molecule has 1 aromatic carbocycles. The average Bonchev–Trinajstić information content (AvgIpc) is 2.67. The van der Waals surface area contributed by atoms with Crippen molar-refractivity contribution in [1.82, 2.24) is 9.97 Å². The summed E-state index contributed by atoms with van der Waals surface area (Å²) in [4.78, 5) is 33.8. The summed E-state index contributed by atoms with van der Waals surface area (Å²) in [6.07, 6.45) is 1.20. The molecule has 1 fully saturated rings. The van der Waals surface area contributed by atoms with Crippen molar-refractivity contribution in [1.29, 1.82) is 0 Å². The van der Waals surface area contributed by atoms with E-state index < -0.39 is 11.9 Å². The number of carboxylic acids is 1. The number of nitrogens with one attached hydrogen (secondary N) is 1. The second kappa shape index (κ2) is 8.03. The summed E-state index contributed by atoms with van der Waals surface area (Å²) in [5.41, 5.74) is 1.91. The van der Waals surface area contributed by atoms with Crippen molar-refractivity contribution in [2.75, 3.05) is 30.4 Å². The van der Waals surface area contributed by atoms with E-state index in [0.717, 1.165) is 11.5 Å². The van der Waals surface area contributed by atoms with Crippen molar-refractivity contribution in [2.24, 2.45) is 5.92 Å². The number of hydrogen-bond donors (Lipinski definition) is 2. The Morgan fingerprint density at radius 1 is 1.22 bits per heavy atom. The lowest BCUT2D eigenvalue weighted by Crippen LogP contribution is -2.36.